The maximum absolute atomic E-state index is 13.7. The van der Waals surface area contributed by atoms with Gasteiger partial charge in [-0.05, 0) is 35.6 Å². The lowest BCUT2D eigenvalue weighted by Crippen LogP contribution is -2.44. The van der Waals surface area contributed by atoms with Crippen LogP contribution < -0.4 is 5.73 Å². The number of guanidine groups is 1. The largest absolute Gasteiger partial charge is 0.369 e. The van der Waals surface area contributed by atoms with Gasteiger partial charge < -0.3 is 5.73 Å². The minimum Gasteiger partial charge on any atom is -0.369 e. The molecule has 0 unspecified atom stereocenters. The Morgan fingerprint density at radius 3 is 2.06 bits per heavy atom. The molecule has 4 rings (SSSR count). The van der Waals surface area contributed by atoms with Crippen LogP contribution in [0.2, 0.25) is 0 Å². The van der Waals surface area contributed by atoms with Gasteiger partial charge in [-0.25, -0.2) is 9.38 Å². The first-order valence-corrected chi connectivity index (χ1v) is 11.6. The monoisotopic (exact) mass is 457 g/mol. The molecule has 0 spiro atoms. The van der Waals surface area contributed by atoms with E-state index in [9.17, 15) is 14.0 Å². The molecule has 34 heavy (non-hydrogen) atoms. The number of carbonyl (C=O) groups excluding carboxylic acids is 2. The topological polar surface area (TPSA) is 75.8 Å². The number of benzene rings is 3. The normalized spacial score (nSPS) is 14.8. The Balaban J connectivity index is 1.37. The Hall–Kier alpha value is -3.80. The minimum atomic E-state index is -1.19. The average Bonchev–Trinajstić information content (AvgIpc) is 3.12. The lowest BCUT2D eigenvalue weighted by atomic mass is 9.83. The van der Waals surface area contributed by atoms with Crippen LogP contribution in [0.15, 0.2) is 89.9 Å². The van der Waals surface area contributed by atoms with Gasteiger partial charge in [0.25, 0.3) is 5.91 Å². The van der Waals surface area contributed by atoms with Gasteiger partial charge in [-0.3, -0.25) is 14.5 Å². The van der Waals surface area contributed by atoms with Crippen LogP contribution in [0.5, 0.6) is 0 Å². The summed E-state index contributed by atoms with van der Waals surface area (Å²) >= 11 is 0. The average molecular weight is 458 g/mol. The molecule has 1 aliphatic heterocycles. The van der Waals surface area contributed by atoms with Gasteiger partial charge in [-0.1, -0.05) is 85.3 Å². The van der Waals surface area contributed by atoms with Crippen LogP contribution in [-0.4, -0.2) is 29.1 Å². The number of carbonyl (C=O) groups is 2. The molecule has 0 aliphatic carbocycles. The highest BCUT2D eigenvalue weighted by Gasteiger charge is 2.50. The molecule has 5 nitrogen and oxygen atoms in total. The number of aliphatic imine (C=N–C) groups is 1. The first-order valence-electron chi connectivity index (χ1n) is 11.6. The predicted octanol–water partition coefficient (Wildman–Crippen LogP) is 4.60. The van der Waals surface area contributed by atoms with Gasteiger partial charge in [0.1, 0.15) is 11.6 Å². The third kappa shape index (κ3) is 4.76. The summed E-state index contributed by atoms with van der Waals surface area (Å²) in [5.74, 6) is -0.305. The molecule has 1 amide bonds. The highest BCUT2D eigenvalue weighted by atomic mass is 19.1. The van der Waals surface area contributed by atoms with Crippen LogP contribution in [0.25, 0.3) is 0 Å². The predicted molar refractivity (Wildman–Crippen MR) is 131 cm³/mol. The van der Waals surface area contributed by atoms with Crippen LogP contribution in [-0.2, 0) is 21.5 Å². The summed E-state index contributed by atoms with van der Waals surface area (Å²) in [5, 5.41) is 0. The van der Waals surface area contributed by atoms with E-state index in [1.165, 1.54) is 6.07 Å². The van der Waals surface area contributed by atoms with Crippen molar-refractivity contribution in [2.75, 3.05) is 6.54 Å². The van der Waals surface area contributed by atoms with E-state index in [0.717, 1.165) is 17.5 Å². The molecule has 0 radical (unpaired) electrons. The number of unbranched alkanes of at least 4 members (excludes halogenated alkanes) is 2. The molecule has 0 atom stereocenters. The van der Waals surface area contributed by atoms with Crippen molar-refractivity contribution < 1.29 is 14.0 Å². The van der Waals surface area contributed by atoms with Gasteiger partial charge in [0.05, 0.1) is 0 Å². The second kappa shape index (κ2) is 10.4. The minimum absolute atomic E-state index is 0.00981. The second-order valence-electron chi connectivity index (χ2n) is 8.49. The highest BCUT2D eigenvalue weighted by molar-refractivity contribution is 6.09. The fourth-order valence-corrected chi connectivity index (χ4v) is 4.41. The number of rotatable bonds is 10. The number of nitrogens with zero attached hydrogens (tertiary/aromatic N) is 2. The molecular formula is C28H28FN3O2. The summed E-state index contributed by atoms with van der Waals surface area (Å²) in [6.07, 6.45) is 2.60. The number of hydrogen-bond donors (Lipinski definition) is 1. The van der Waals surface area contributed by atoms with Gasteiger partial charge in [-0.2, -0.15) is 0 Å². The summed E-state index contributed by atoms with van der Waals surface area (Å²) in [4.78, 5) is 32.1. The molecule has 1 heterocycles. The zero-order valence-electron chi connectivity index (χ0n) is 19.0. The van der Waals surface area contributed by atoms with Crippen LogP contribution in [0.1, 0.15) is 42.4 Å². The quantitative estimate of drug-likeness (QED) is 0.452. The van der Waals surface area contributed by atoms with Crippen molar-refractivity contribution in [2.45, 2.75) is 37.6 Å². The molecule has 0 fully saturated rings. The summed E-state index contributed by atoms with van der Waals surface area (Å²) in [6, 6.07) is 25.3. The molecule has 1 aliphatic rings. The maximum atomic E-state index is 13.7. The van der Waals surface area contributed by atoms with E-state index in [1.54, 1.807) is 23.1 Å². The summed E-state index contributed by atoms with van der Waals surface area (Å²) < 4.78 is 13.7. The number of amides is 1. The molecule has 174 valence electrons. The molecule has 0 aromatic heterocycles. The van der Waals surface area contributed by atoms with Gasteiger partial charge in [0, 0.05) is 19.4 Å². The van der Waals surface area contributed by atoms with E-state index in [-0.39, 0.29) is 29.9 Å². The SMILES string of the molecule is NC1=NC(c2ccccc2)(c2ccccc2)C(=O)N1CCCCCC(=O)Cc1ccccc1F. The van der Waals surface area contributed by atoms with Gasteiger partial charge in [0.15, 0.2) is 11.5 Å². The highest BCUT2D eigenvalue weighted by Crippen LogP contribution is 2.39. The Morgan fingerprint density at radius 1 is 0.853 bits per heavy atom. The summed E-state index contributed by atoms with van der Waals surface area (Å²) in [7, 11) is 0. The number of ketones is 1. The Labute approximate surface area is 199 Å². The van der Waals surface area contributed by atoms with E-state index in [0.29, 0.717) is 31.4 Å². The smallest absolute Gasteiger partial charge is 0.266 e. The van der Waals surface area contributed by atoms with Crippen LogP contribution in [0.4, 0.5) is 4.39 Å². The van der Waals surface area contributed by atoms with E-state index in [1.807, 2.05) is 60.7 Å². The summed E-state index contributed by atoms with van der Waals surface area (Å²) in [5.41, 5.74) is 7.03. The molecular weight excluding hydrogens is 429 g/mol. The molecule has 6 heteroatoms. The van der Waals surface area contributed by atoms with Gasteiger partial charge >= 0.3 is 0 Å². The van der Waals surface area contributed by atoms with E-state index < -0.39 is 5.54 Å². The van der Waals surface area contributed by atoms with Crippen molar-refractivity contribution in [1.29, 1.82) is 0 Å². The van der Waals surface area contributed by atoms with Crippen molar-refractivity contribution in [1.82, 2.24) is 4.90 Å². The lowest BCUT2D eigenvalue weighted by molar-refractivity contribution is -0.130. The van der Waals surface area contributed by atoms with Crippen molar-refractivity contribution >= 4 is 17.6 Å². The first-order chi connectivity index (χ1) is 16.5. The molecule has 0 bridgehead atoms. The third-order valence-electron chi connectivity index (χ3n) is 6.18. The second-order valence-corrected chi connectivity index (χ2v) is 8.49. The Kier molecular flexibility index (Phi) is 7.16. The van der Waals surface area contributed by atoms with Gasteiger partial charge in [-0.15, -0.1) is 0 Å². The Bertz CT molecular complexity index is 1140. The van der Waals surface area contributed by atoms with Crippen molar-refractivity contribution in [2.24, 2.45) is 10.7 Å². The maximum Gasteiger partial charge on any atom is 0.266 e. The third-order valence-corrected chi connectivity index (χ3v) is 6.18. The fraction of sp³-hybridized carbons (Fsp3) is 0.250. The standard InChI is InChI=1S/C28H28FN3O2/c29-25-18-10-9-12-21(25)20-24(33)17-8-3-11-19-32-26(34)28(31-27(32)30,22-13-4-1-5-14-22)23-15-6-2-7-16-23/h1-2,4-7,9-10,12-16,18H,3,8,11,17,19-20H2,(H2,30,31). The number of Topliss-reactive ketones (excluding diaryl/α,β-unsaturated/α-hetero) is 1. The molecule has 3 aromatic rings. The van der Waals surface area contributed by atoms with Crippen molar-refractivity contribution in [3.8, 4) is 0 Å². The lowest BCUT2D eigenvalue weighted by Gasteiger charge is -2.27. The van der Waals surface area contributed by atoms with Gasteiger partial charge in [0.2, 0.25) is 0 Å². The molecule has 2 N–H and O–H groups in total. The zero-order chi connectivity index (χ0) is 24.0. The fourth-order valence-electron chi connectivity index (χ4n) is 4.41. The zero-order valence-corrected chi connectivity index (χ0v) is 19.0. The number of hydrogen-bond acceptors (Lipinski definition) is 4. The van der Waals surface area contributed by atoms with Crippen molar-refractivity contribution in [3.63, 3.8) is 0 Å². The van der Waals surface area contributed by atoms with E-state index in [2.05, 4.69) is 4.99 Å². The van der Waals surface area contributed by atoms with Crippen LogP contribution >= 0.6 is 0 Å². The first kappa shape index (κ1) is 23.4. The molecule has 0 saturated heterocycles. The molecule has 0 saturated carbocycles. The van der Waals surface area contributed by atoms with E-state index in [4.69, 9.17) is 5.73 Å². The van der Waals surface area contributed by atoms with Crippen LogP contribution in [0.3, 0.4) is 0 Å². The number of halogens is 1. The number of nitrogens with two attached hydrogens (primary N) is 1. The molecule has 3 aromatic carbocycles. The van der Waals surface area contributed by atoms with Crippen molar-refractivity contribution in [3.05, 3.63) is 107 Å². The summed E-state index contributed by atoms with van der Waals surface area (Å²) in [6.45, 7) is 0.428. The van der Waals surface area contributed by atoms with Crippen LogP contribution in [0, 0.1) is 5.82 Å². The Morgan fingerprint density at radius 2 is 1.44 bits per heavy atom. The van der Waals surface area contributed by atoms with E-state index >= 15 is 0 Å².